The van der Waals surface area contributed by atoms with E-state index in [2.05, 4.69) is 15.2 Å². The third kappa shape index (κ3) is 2.56. The summed E-state index contributed by atoms with van der Waals surface area (Å²) < 4.78 is 1.14. The Morgan fingerprint density at radius 2 is 2.33 bits per heavy atom. The van der Waals surface area contributed by atoms with Crippen molar-refractivity contribution >= 4 is 27.5 Å². The Bertz CT molecular complexity index is 684. The number of hydrogen-bond acceptors (Lipinski definition) is 4. The van der Waals surface area contributed by atoms with Crippen molar-refractivity contribution in [2.24, 2.45) is 5.92 Å². The highest BCUT2D eigenvalue weighted by Gasteiger charge is 2.32. The van der Waals surface area contributed by atoms with E-state index < -0.39 is 0 Å². The molecule has 1 unspecified atom stereocenters. The molecule has 4 rings (SSSR count). The number of aryl methyl sites for hydroxylation is 1. The minimum Gasteiger partial charge on any atom is -0.348 e. The number of nitrogens with one attached hydrogen (secondary N) is 1. The first-order valence-electron chi connectivity index (χ1n) is 7.58. The minimum absolute atomic E-state index is 0.0371. The molecule has 1 aromatic heterocycles. The number of rotatable bonds is 2. The van der Waals surface area contributed by atoms with Crippen LogP contribution in [0.15, 0.2) is 18.2 Å². The van der Waals surface area contributed by atoms with Crippen LogP contribution in [-0.4, -0.2) is 41.5 Å². The maximum absolute atomic E-state index is 12.4. The van der Waals surface area contributed by atoms with Crippen LogP contribution >= 0.6 is 11.3 Å². The van der Waals surface area contributed by atoms with Gasteiger partial charge in [0.2, 0.25) is 0 Å². The number of aromatic nitrogens is 1. The third-order valence-electron chi connectivity index (χ3n) is 4.56. The monoisotopic (exact) mass is 301 g/mol. The van der Waals surface area contributed by atoms with Gasteiger partial charge in [0.15, 0.2) is 0 Å². The van der Waals surface area contributed by atoms with E-state index >= 15 is 0 Å². The zero-order valence-corrected chi connectivity index (χ0v) is 12.9. The molecule has 2 aromatic rings. The number of hydrogen-bond donors (Lipinski definition) is 1. The Labute approximate surface area is 128 Å². The van der Waals surface area contributed by atoms with Gasteiger partial charge < -0.3 is 10.2 Å². The molecule has 0 aliphatic carbocycles. The van der Waals surface area contributed by atoms with Crippen molar-refractivity contribution in [2.75, 3.05) is 19.6 Å². The van der Waals surface area contributed by atoms with E-state index in [0.29, 0.717) is 6.04 Å². The van der Waals surface area contributed by atoms with Gasteiger partial charge in [-0.15, -0.1) is 11.3 Å². The quantitative estimate of drug-likeness (QED) is 0.926. The summed E-state index contributed by atoms with van der Waals surface area (Å²) in [5.41, 5.74) is 1.65. The Morgan fingerprint density at radius 3 is 3.19 bits per heavy atom. The average molecular weight is 301 g/mol. The Balaban J connectivity index is 1.50. The van der Waals surface area contributed by atoms with Crippen molar-refractivity contribution in [2.45, 2.75) is 25.8 Å². The summed E-state index contributed by atoms with van der Waals surface area (Å²) in [6.07, 6.45) is 2.41. The summed E-state index contributed by atoms with van der Waals surface area (Å²) in [6, 6.07) is 6.12. The molecule has 0 saturated carbocycles. The minimum atomic E-state index is 0.0371. The van der Waals surface area contributed by atoms with Crippen LogP contribution in [0, 0.1) is 12.8 Å². The second kappa shape index (κ2) is 5.07. The number of carbonyl (C=O) groups excluding carboxylic acids is 1. The molecule has 1 aromatic carbocycles. The van der Waals surface area contributed by atoms with E-state index in [0.717, 1.165) is 39.7 Å². The van der Waals surface area contributed by atoms with E-state index in [9.17, 15) is 4.79 Å². The average Bonchev–Trinajstić information content (AvgIpc) is 2.99. The molecule has 110 valence electrons. The first-order valence-corrected chi connectivity index (χ1v) is 8.39. The number of carbonyl (C=O) groups is 1. The van der Waals surface area contributed by atoms with Crippen LogP contribution in [0.3, 0.4) is 0 Å². The fourth-order valence-electron chi connectivity index (χ4n) is 3.62. The van der Waals surface area contributed by atoms with E-state index in [1.807, 2.05) is 25.1 Å². The SMILES string of the molecule is Cc1nc2cc(C(=O)N[C@@H]3C[C@H]4CCN(C4)C3)ccc2s1. The van der Waals surface area contributed by atoms with Crippen molar-refractivity contribution in [3.05, 3.63) is 28.8 Å². The molecule has 1 amide bonds. The Hall–Kier alpha value is -1.46. The van der Waals surface area contributed by atoms with E-state index in [1.54, 1.807) is 11.3 Å². The molecule has 2 bridgehead atoms. The van der Waals surface area contributed by atoms with E-state index in [4.69, 9.17) is 0 Å². The molecular formula is C16H19N3OS. The summed E-state index contributed by atoms with van der Waals surface area (Å²) in [5, 5.41) is 4.24. The highest BCUT2D eigenvalue weighted by Crippen LogP contribution is 2.27. The van der Waals surface area contributed by atoms with Crippen LogP contribution in [-0.2, 0) is 0 Å². The zero-order valence-electron chi connectivity index (χ0n) is 12.1. The first kappa shape index (κ1) is 13.2. The summed E-state index contributed by atoms with van der Waals surface area (Å²) in [7, 11) is 0. The van der Waals surface area contributed by atoms with Crippen LogP contribution in [0.2, 0.25) is 0 Å². The molecule has 4 nitrogen and oxygen atoms in total. The third-order valence-corrected chi connectivity index (χ3v) is 5.51. The van der Waals surface area contributed by atoms with Crippen molar-refractivity contribution in [1.29, 1.82) is 0 Å². The number of piperidine rings is 1. The number of amides is 1. The molecule has 5 heteroatoms. The lowest BCUT2D eigenvalue weighted by Gasteiger charge is -2.30. The highest BCUT2D eigenvalue weighted by atomic mass is 32.1. The molecular weight excluding hydrogens is 282 g/mol. The van der Waals surface area contributed by atoms with Crippen molar-refractivity contribution in [1.82, 2.24) is 15.2 Å². The van der Waals surface area contributed by atoms with Gasteiger partial charge in [0.1, 0.15) is 0 Å². The van der Waals surface area contributed by atoms with Gasteiger partial charge in [0.05, 0.1) is 15.2 Å². The number of benzene rings is 1. The van der Waals surface area contributed by atoms with Gasteiger partial charge in [-0.1, -0.05) is 0 Å². The van der Waals surface area contributed by atoms with Crippen molar-refractivity contribution < 1.29 is 4.79 Å². The second-order valence-corrected chi connectivity index (χ2v) is 7.47. The fourth-order valence-corrected chi connectivity index (χ4v) is 4.42. The molecule has 2 aliphatic heterocycles. The van der Waals surface area contributed by atoms with E-state index in [1.165, 1.54) is 19.5 Å². The normalized spacial score (nSPS) is 28.0. The van der Waals surface area contributed by atoms with E-state index in [-0.39, 0.29) is 5.91 Å². The van der Waals surface area contributed by atoms with Crippen LogP contribution in [0.1, 0.15) is 28.2 Å². The lowest BCUT2D eigenvalue weighted by Crippen LogP contribution is -2.47. The number of fused-ring (bicyclic) bond motifs is 3. The maximum Gasteiger partial charge on any atom is 0.251 e. The maximum atomic E-state index is 12.4. The first-order chi connectivity index (χ1) is 10.2. The molecule has 21 heavy (non-hydrogen) atoms. The molecule has 2 saturated heterocycles. The standard InChI is InChI=1S/C16H19N3OS/c1-10-17-14-7-12(2-3-15(14)21-10)16(20)18-13-6-11-4-5-19(8-11)9-13/h2-3,7,11,13H,4-6,8-9H2,1H3,(H,18,20)/t11-,13-/m1/s1. The molecule has 3 atom stereocenters. The number of thiazole rings is 1. The second-order valence-electron chi connectivity index (χ2n) is 6.24. The van der Waals surface area contributed by atoms with Gasteiger partial charge in [-0.05, 0) is 50.4 Å². The van der Waals surface area contributed by atoms with Gasteiger partial charge in [-0.25, -0.2) is 4.98 Å². The van der Waals surface area contributed by atoms with Crippen LogP contribution in [0.5, 0.6) is 0 Å². The van der Waals surface area contributed by atoms with Crippen molar-refractivity contribution in [3.63, 3.8) is 0 Å². The molecule has 2 fully saturated rings. The van der Waals surface area contributed by atoms with Gasteiger partial charge in [0, 0.05) is 24.7 Å². The summed E-state index contributed by atoms with van der Waals surface area (Å²) in [6.45, 7) is 5.41. The lowest BCUT2D eigenvalue weighted by molar-refractivity contribution is 0.0909. The van der Waals surface area contributed by atoms with Gasteiger partial charge in [-0.2, -0.15) is 0 Å². The van der Waals surface area contributed by atoms with Gasteiger partial charge >= 0.3 is 0 Å². The largest absolute Gasteiger partial charge is 0.348 e. The fraction of sp³-hybridized carbons (Fsp3) is 0.500. The van der Waals surface area contributed by atoms with Crippen LogP contribution in [0.25, 0.3) is 10.2 Å². The van der Waals surface area contributed by atoms with Gasteiger partial charge in [0.25, 0.3) is 5.91 Å². The Morgan fingerprint density at radius 1 is 1.43 bits per heavy atom. The van der Waals surface area contributed by atoms with Crippen LogP contribution in [0.4, 0.5) is 0 Å². The summed E-state index contributed by atoms with van der Waals surface area (Å²) in [5.74, 6) is 0.808. The Kier molecular flexibility index (Phi) is 3.19. The van der Waals surface area contributed by atoms with Gasteiger partial charge in [-0.3, -0.25) is 4.79 Å². The topological polar surface area (TPSA) is 45.2 Å². The molecule has 0 spiro atoms. The van der Waals surface area contributed by atoms with Crippen LogP contribution < -0.4 is 5.32 Å². The smallest absolute Gasteiger partial charge is 0.251 e. The highest BCUT2D eigenvalue weighted by molar-refractivity contribution is 7.18. The summed E-state index contributed by atoms with van der Waals surface area (Å²) >= 11 is 1.67. The van der Waals surface area contributed by atoms with Crippen molar-refractivity contribution in [3.8, 4) is 0 Å². The lowest BCUT2D eigenvalue weighted by atomic mass is 9.96. The summed E-state index contributed by atoms with van der Waals surface area (Å²) in [4.78, 5) is 19.4. The molecule has 2 aliphatic rings. The molecule has 0 radical (unpaired) electrons. The number of nitrogens with zero attached hydrogens (tertiary/aromatic N) is 2. The predicted molar refractivity (Wildman–Crippen MR) is 84.8 cm³/mol. The zero-order chi connectivity index (χ0) is 14.4. The predicted octanol–water partition coefficient (Wildman–Crippen LogP) is 2.43. The molecule has 3 heterocycles. The molecule has 1 N–H and O–H groups in total.